The highest BCUT2D eigenvalue weighted by molar-refractivity contribution is 5.90. The van der Waals surface area contributed by atoms with Crippen molar-refractivity contribution in [2.45, 2.75) is 12.8 Å². The fraction of sp³-hybridized carbons (Fsp3) is 0.692. The van der Waals surface area contributed by atoms with Gasteiger partial charge in [-0.2, -0.15) is 0 Å². The smallest absolute Gasteiger partial charge is 0.309 e. The summed E-state index contributed by atoms with van der Waals surface area (Å²) in [7, 11) is 1.62. The molecule has 0 bridgehead atoms. The van der Waals surface area contributed by atoms with E-state index in [1.165, 1.54) is 9.80 Å². The van der Waals surface area contributed by atoms with E-state index in [1.54, 1.807) is 7.05 Å². The molecule has 0 radical (unpaired) electrons. The summed E-state index contributed by atoms with van der Waals surface area (Å²) < 4.78 is 0. The third-order valence-electron chi connectivity index (χ3n) is 4.25. The van der Waals surface area contributed by atoms with E-state index in [4.69, 9.17) is 10.2 Å². The molecular weight excluding hydrogens is 280 g/mol. The van der Waals surface area contributed by atoms with Gasteiger partial charge in [0.05, 0.1) is 17.8 Å². The van der Waals surface area contributed by atoms with Crippen LogP contribution in [0.5, 0.6) is 0 Å². The molecule has 2 aliphatic rings. The summed E-state index contributed by atoms with van der Waals surface area (Å²) >= 11 is 0. The first-order valence-electron chi connectivity index (χ1n) is 6.79. The van der Waals surface area contributed by atoms with Crippen molar-refractivity contribution in [1.82, 2.24) is 9.80 Å². The second-order valence-corrected chi connectivity index (χ2v) is 5.64. The van der Waals surface area contributed by atoms with Gasteiger partial charge in [0.25, 0.3) is 0 Å². The molecule has 0 aliphatic carbocycles. The minimum atomic E-state index is -1.21. The molecule has 2 saturated heterocycles. The topological polar surface area (TPSA) is 115 Å². The van der Waals surface area contributed by atoms with Crippen LogP contribution in [-0.2, 0) is 19.2 Å². The number of hydrogen-bond acceptors (Lipinski definition) is 4. The van der Waals surface area contributed by atoms with Crippen LogP contribution in [-0.4, -0.2) is 70.4 Å². The van der Waals surface area contributed by atoms with Crippen LogP contribution >= 0.6 is 0 Å². The Morgan fingerprint density at radius 2 is 1.71 bits per heavy atom. The first kappa shape index (κ1) is 15.3. The van der Waals surface area contributed by atoms with Crippen LogP contribution in [0.3, 0.4) is 0 Å². The molecule has 2 heterocycles. The largest absolute Gasteiger partial charge is 0.481 e. The molecule has 8 nitrogen and oxygen atoms in total. The second-order valence-electron chi connectivity index (χ2n) is 5.64. The molecule has 2 amide bonds. The third kappa shape index (κ3) is 2.98. The van der Waals surface area contributed by atoms with Crippen LogP contribution in [0.2, 0.25) is 0 Å². The molecule has 2 N–H and O–H groups in total. The third-order valence-corrected chi connectivity index (χ3v) is 4.25. The van der Waals surface area contributed by atoms with Crippen molar-refractivity contribution < 1.29 is 29.4 Å². The van der Waals surface area contributed by atoms with Crippen molar-refractivity contribution in [3.63, 3.8) is 0 Å². The molecular formula is C13H18N2O6. The number of carbonyl (C=O) groups excluding carboxylic acids is 2. The lowest BCUT2D eigenvalue weighted by molar-refractivity contribution is -0.159. The lowest BCUT2D eigenvalue weighted by Crippen LogP contribution is -2.50. The first-order chi connectivity index (χ1) is 9.81. The monoisotopic (exact) mass is 298 g/mol. The Balaban J connectivity index is 2.05. The van der Waals surface area contributed by atoms with Crippen molar-refractivity contribution in [1.29, 1.82) is 0 Å². The molecule has 2 aliphatic heterocycles. The maximum atomic E-state index is 12.3. The number of likely N-dealkylation sites (tertiary alicyclic amines) is 2. The van der Waals surface area contributed by atoms with Crippen molar-refractivity contribution in [2.75, 3.05) is 26.7 Å². The predicted octanol–water partition coefficient (Wildman–Crippen LogP) is -0.901. The van der Waals surface area contributed by atoms with Gasteiger partial charge in [-0.05, 0) is 6.42 Å². The number of carbonyl (C=O) groups is 4. The average Bonchev–Trinajstić information content (AvgIpc) is 2.77. The number of aliphatic carboxylic acids is 2. The van der Waals surface area contributed by atoms with Gasteiger partial charge >= 0.3 is 11.9 Å². The van der Waals surface area contributed by atoms with Gasteiger partial charge in [-0.15, -0.1) is 0 Å². The van der Waals surface area contributed by atoms with Crippen LogP contribution < -0.4 is 0 Å². The Hall–Kier alpha value is -2.12. The summed E-state index contributed by atoms with van der Waals surface area (Å²) in [5.74, 6) is -5.26. The average molecular weight is 298 g/mol. The Labute approximate surface area is 121 Å². The molecule has 2 fully saturated rings. The van der Waals surface area contributed by atoms with Crippen molar-refractivity contribution in [3.05, 3.63) is 0 Å². The molecule has 0 aromatic rings. The highest BCUT2D eigenvalue weighted by atomic mass is 16.4. The fourth-order valence-electron chi connectivity index (χ4n) is 2.99. The number of amides is 2. The number of nitrogens with zero attached hydrogens (tertiary/aromatic N) is 2. The number of rotatable bonds is 3. The van der Waals surface area contributed by atoms with Gasteiger partial charge in [-0.3, -0.25) is 19.2 Å². The van der Waals surface area contributed by atoms with Gasteiger partial charge in [-0.1, -0.05) is 0 Å². The molecule has 0 aromatic heterocycles. The summed E-state index contributed by atoms with van der Waals surface area (Å²) in [4.78, 5) is 48.9. The molecule has 3 unspecified atom stereocenters. The molecule has 0 aromatic carbocycles. The molecule has 2 rings (SSSR count). The molecule has 0 spiro atoms. The standard InChI is InChI=1S/C13H18N2O6/c1-14-5-7(4-10(14)16)11(17)15-3-2-8(12(18)19)9(6-15)13(20)21/h7-9H,2-6H2,1H3,(H,18,19)(H,20,21). The maximum Gasteiger partial charge on any atom is 0.309 e. The number of piperidine rings is 1. The van der Waals surface area contributed by atoms with Crippen LogP contribution in [0.25, 0.3) is 0 Å². The van der Waals surface area contributed by atoms with Gasteiger partial charge in [0.2, 0.25) is 11.8 Å². The van der Waals surface area contributed by atoms with E-state index in [9.17, 15) is 19.2 Å². The highest BCUT2D eigenvalue weighted by Gasteiger charge is 2.42. The van der Waals surface area contributed by atoms with Crippen molar-refractivity contribution in [3.8, 4) is 0 Å². The highest BCUT2D eigenvalue weighted by Crippen LogP contribution is 2.27. The summed E-state index contributed by atoms with van der Waals surface area (Å²) in [5, 5.41) is 18.2. The first-order valence-corrected chi connectivity index (χ1v) is 6.79. The van der Waals surface area contributed by atoms with Crippen LogP contribution in [0.15, 0.2) is 0 Å². The van der Waals surface area contributed by atoms with E-state index in [0.717, 1.165) is 0 Å². The minimum absolute atomic E-state index is 0.108. The zero-order chi connectivity index (χ0) is 15.7. The van der Waals surface area contributed by atoms with Crippen LogP contribution in [0.1, 0.15) is 12.8 Å². The molecule has 8 heteroatoms. The Bertz CT molecular complexity index is 491. The summed E-state index contributed by atoms with van der Waals surface area (Å²) in [5.41, 5.74) is 0. The maximum absolute atomic E-state index is 12.3. The van der Waals surface area contributed by atoms with Crippen LogP contribution in [0, 0.1) is 17.8 Å². The molecule has 0 saturated carbocycles. The number of carboxylic acids is 2. The van der Waals surface area contributed by atoms with E-state index >= 15 is 0 Å². The van der Waals surface area contributed by atoms with Crippen LogP contribution in [0.4, 0.5) is 0 Å². The van der Waals surface area contributed by atoms with Crippen molar-refractivity contribution in [2.24, 2.45) is 17.8 Å². The summed E-state index contributed by atoms with van der Waals surface area (Å²) in [6.07, 6.45) is 0.250. The zero-order valence-electron chi connectivity index (χ0n) is 11.7. The van der Waals surface area contributed by atoms with Crippen molar-refractivity contribution >= 4 is 23.8 Å². The van der Waals surface area contributed by atoms with E-state index < -0.39 is 29.7 Å². The fourth-order valence-corrected chi connectivity index (χ4v) is 2.99. The number of hydrogen-bond donors (Lipinski definition) is 2. The Morgan fingerprint density at radius 3 is 2.19 bits per heavy atom. The van der Waals surface area contributed by atoms with Gasteiger partial charge in [-0.25, -0.2) is 0 Å². The Morgan fingerprint density at radius 1 is 1.10 bits per heavy atom. The second kappa shape index (κ2) is 5.71. The van der Waals surface area contributed by atoms with E-state index in [0.29, 0.717) is 6.54 Å². The van der Waals surface area contributed by atoms with Gasteiger partial charge < -0.3 is 20.0 Å². The SMILES string of the molecule is CN1CC(C(=O)N2CCC(C(=O)O)C(C(=O)O)C2)CC1=O. The number of carboxylic acid groups (broad SMARTS) is 2. The zero-order valence-corrected chi connectivity index (χ0v) is 11.7. The van der Waals surface area contributed by atoms with E-state index in [1.807, 2.05) is 0 Å². The van der Waals surface area contributed by atoms with Gasteiger partial charge in [0, 0.05) is 33.1 Å². The summed E-state index contributed by atoms with van der Waals surface area (Å²) in [6.45, 7) is 0.432. The van der Waals surface area contributed by atoms with Gasteiger partial charge in [0.1, 0.15) is 0 Å². The normalized spacial score (nSPS) is 29.6. The quantitative estimate of drug-likeness (QED) is 0.697. The molecule has 116 valence electrons. The minimum Gasteiger partial charge on any atom is -0.481 e. The lowest BCUT2D eigenvalue weighted by atomic mass is 9.85. The molecule has 3 atom stereocenters. The predicted molar refractivity (Wildman–Crippen MR) is 69.2 cm³/mol. The van der Waals surface area contributed by atoms with Gasteiger partial charge in [0.15, 0.2) is 0 Å². The Kier molecular flexibility index (Phi) is 4.15. The summed E-state index contributed by atoms with van der Waals surface area (Å²) in [6, 6.07) is 0. The molecule has 21 heavy (non-hydrogen) atoms. The van der Waals surface area contributed by atoms with E-state index in [2.05, 4.69) is 0 Å². The lowest BCUT2D eigenvalue weighted by Gasteiger charge is -2.35. The van der Waals surface area contributed by atoms with E-state index in [-0.39, 0.29) is 37.7 Å².